The zero-order valence-electron chi connectivity index (χ0n) is 13.6. The molecule has 1 aliphatic heterocycles. The van der Waals surface area contributed by atoms with Gasteiger partial charge in [0.1, 0.15) is 40.4 Å². The van der Waals surface area contributed by atoms with E-state index >= 15 is 0 Å². The van der Waals surface area contributed by atoms with Crippen LogP contribution in [0.25, 0.3) is 0 Å². The Kier molecular flexibility index (Phi) is 4.03. The Morgan fingerprint density at radius 3 is 2.56 bits per heavy atom. The third-order valence-corrected chi connectivity index (χ3v) is 4.04. The molecule has 3 rings (SSSR count). The van der Waals surface area contributed by atoms with E-state index in [-0.39, 0.29) is 28.7 Å². The number of nitrogens with zero attached hydrogens (tertiary/aromatic N) is 1. The van der Waals surface area contributed by atoms with Crippen LogP contribution in [-0.4, -0.2) is 24.4 Å². The second-order valence-corrected chi connectivity index (χ2v) is 5.41. The Hall–Kier alpha value is -3.53. The zero-order chi connectivity index (χ0) is 18.1. The Morgan fingerprint density at radius 1 is 1.16 bits per heavy atom. The fourth-order valence-electron chi connectivity index (χ4n) is 2.93. The summed E-state index contributed by atoms with van der Waals surface area (Å²) in [5.41, 5.74) is 6.91. The molecular formula is C18H16N2O5. The van der Waals surface area contributed by atoms with E-state index in [0.717, 1.165) is 0 Å². The van der Waals surface area contributed by atoms with Crippen LogP contribution in [0.5, 0.6) is 28.7 Å². The van der Waals surface area contributed by atoms with Crippen molar-refractivity contribution in [2.24, 2.45) is 5.73 Å². The first-order valence-corrected chi connectivity index (χ1v) is 7.35. The summed E-state index contributed by atoms with van der Waals surface area (Å²) in [4.78, 5) is 0. The van der Waals surface area contributed by atoms with Crippen LogP contribution in [0.2, 0.25) is 0 Å². The summed E-state index contributed by atoms with van der Waals surface area (Å²) in [6.07, 6.45) is 0. The van der Waals surface area contributed by atoms with E-state index in [0.29, 0.717) is 22.6 Å². The van der Waals surface area contributed by atoms with Crippen LogP contribution >= 0.6 is 0 Å². The second kappa shape index (κ2) is 6.17. The predicted octanol–water partition coefficient (Wildman–Crippen LogP) is 2.33. The molecule has 2 aromatic carbocycles. The molecule has 1 aliphatic rings. The van der Waals surface area contributed by atoms with Gasteiger partial charge in [-0.15, -0.1) is 0 Å². The van der Waals surface area contributed by atoms with E-state index in [1.54, 1.807) is 18.2 Å². The summed E-state index contributed by atoms with van der Waals surface area (Å²) < 4.78 is 16.1. The van der Waals surface area contributed by atoms with Crippen LogP contribution in [0.1, 0.15) is 17.0 Å². The molecular weight excluding hydrogens is 324 g/mol. The predicted molar refractivity (Wildman–Crippen MR) is 88.6 cm³/mol. The molecule has 128 valence electrons. The first-order valence-electron chi connectivity index (χ1n) is 7.35. The number of nitriles is 1. The summed E-state index contributed by atoms with van der Waals surface area (Å²) in [5.74, 6) is -0.0197. The van der Waals surface area contributed by atoms with E-state index in [1.807, 2.05) is 6.07 Å². The summed E-state index contributed by atoms with van der Waals surface area (Å²) in [7, 11) is 3.02. The first kappa shape index (κ1) is 16.3. The molecule has 0 spiro atoms. The molecule has 0 radical (unpaired) electrons. The smallest absolute Gasteiger partial charge is 0.205 e. The quantitative estimate of drug-likeness (QED) is 0.784. The Morgan fingerprint density at radius 2 is 1.92 bits per heavy atom. The van der Waals surface area contributed by atoms with Crippen molar-refractivity contribution in [3.63, 3.8) is 0 Å². The van der Waals surface area contributed by atoms with E-state index in [9.17, 15) is 15.5 Å². The molecule has 25 heavy (non-hydrogen) atoms. The van der Waals surface area contributed by atoms with Crippen molar-refractivity contribution in [1.29, 1.82) is 5.26 Å². The summed E-state index contributed by atoms with van der Waals surface area (Å²) in [6, 6.07) is 9.67. The van der Waals surface area contributed by atoms with Gasteiger partial charge < -0.3 is 30.2 Å². The molecule has 0 unspecified atom stereocenters. The molecule has 0 amide bonds. The number of methoxy groups -OCH3 is 2. The Bertz CT molecular complexity index is 914. The number of hydrogen-bond donors (Lipinski definition) is 3. The SMILES string of the molecule is COc1ccc(OC)c([C@H]2C(C#N)=C(N)Oc3cc(O)cc(O)c32)c1. The molecule has 0 aliphatic carbocycles. The maximum absolute atomic E-state index is 10.4. The molecule has 4 N–H and O–H groups in total. The topological polar surface area (TPSA) is 118 Å². The molecule has 0 saturated carbocycles. The van der Waals surface area contributed by atoms with Crippen molar-refractivity contribution in [2.45, 2.75) is 5.92 Å². The zero-order valence-corrected chi connectivity index (χ0v) is 13.6. The number of phenols is 2. The summed E-state index contributed by atoms with van der Waals surface area (Å²) in [5, 5.41) is 29.7. The van der Waals surface area contributed by atoms with Gasteiger partial charge in [0.2, 0.25) is 5.88 Å². The molecule has 1 heterocycles. The van der Waals surface area contributed by atoms with Gasteiger partial charge in [-0.25, -0.2) is 0 Å². The second-order valence-electron chi connectivity index (χ2n) is 5.41. The van der Waals surface area contributed by atoms with Crippen LogP contribution in [0.4, 0.5) is 0 Å². The van der Waals surface area contributed by atoms with Crippen molar-refractivity contribution < 1.29 is 24.4 Å². The molecule has 1 atom stereocenters. The monoisotopic (exact) mass is 340 g/mol. The minimum absolute atomic E-state index is 0.102. The average Bonchev–Trinajstić information content (AvgIpc) is 2.59. The van der Waals surface area contributed by atoms with Gasteiger partial charge in [-0.3, -0.25) is 0 Å². The highest BCUT2D eigenvalue weighted by Crippen LogP contribution is 2.50. The standard InChI is InChI=1S/C18H16N2O5/c1-23-10-3-4-14(24-2)11(7-10)16-12(8-19)18(20)25-15-6-9(21)5-13(22)17(15)16/h3-7,16,21-22H,20H2,1-2H3/t16-/m0/s1. The van der Waals surface area contributed by atoms with Crippen molar-refractivity contribution in [3.05, 3.63) is 52.9 Å². The van der Waals surface area contributed by atoms with Crippen molar-refractivity contribution in [3.8, 4) is 34.8 Å². The van der Waals surface area contributed by atoms with E-state index in [1.165, 1.54) is 26.4 Å². The first-order chi connectivity index (χ1) is 12.0. The number of ether oxygens (including phenoxy) is 3. The number of aromatic hydroxyl groups is 2. The highest BCUT2D eigenvalue weighted by atomic mass is 16.5. The summed E-state index contributed by atoms with van der Waals surface area (Å²) in [6.45, 7) is 0. The number of phenolic OH excluding ortho intramolecular Hbond substituents is 2. The Balaban J connectivity index is 2.33. The third-order valence-electron chi connectivity index (χ3n) is 4.04. The average molecular weight is 340 g/mol. The van der Waals surface area contributed by atoms with Gasteiger partial charge in [0, 0.05) is 23.3 Å². The van der Waals surface area contributed by atoms with Crippen LogP contribution in [0, 0.1) is 11.3 Å². The van der Waals surface area contributed by atoms with Gasteiger partial charge >= 0.3 is 0 Å². The van der Waals surface area contributed by atoms with E-state index < -0.39 is 5.92 Å². The molecule has 0 fully saturated rings. The fraction of sp³-hybridized carbons (Fsp3) is 0.167. The molecule has 2 aromatic rings. The lowest BCUT2D eigenvalue weighted by molar-refractivity contribution is 0.369. The lowest BCUT2D eigenvalue weighted by Crippen LogP contribution is -2.21. The minimum atomic E-state index is -0.737. The number of allylic oxidation sites excluding steroid dienone is 1. The Labute approximate surface area is 144 Å². The van der Waals surface area contributed by atoms with Gasteiger partial charge in [-0.1, -0.05) is 0 Å². The van der Waals surface area contributed by atoms with Crippen LogP contribution < -0.4 is 19.9 Å². The van der Waals surface area contributed by atoms with Gasteiger partial charge in [0.05, 0.1) is 20.1 Å². The highest BCUT2D eigenvalue weighted by molar-refractivity contribution is 5.64. The molecule has 0 aromatic heterocycles. The summed E-state index contributed by atoms with van der Waals surface area (Å²) >= 11 is 0. The molecule has 7 heteroatoms. The molecule has 0 bridgehead atoms. The number of benzene rings is 2. The number of hydrogen-bond acceptors (Lipinski definition) is 7. The molecule has 0 saturated heterocycles. The largest absolute Gasteiger partial charge is 0.508 e. The minimum Gasteiger partial charge on any atom is -0.508 e. The third kappa shape index (κ3) is 2.64. The lowest BCUT2D eigenvalue weighted by atomic mass is 9.82. The highest BCUT2D eigenvalue weighted by Gasteiger charge is 2.35. The van der Waals surface area contributed by atoms with Crippen molar-refractivity contribution in [2.75, 3.05) is 14.2 Å². The van der Waals surface area contributed by atoms with Gasteiger partial charge in [-0.05, 0) is 18.2 Å². The van der Waals surface area contributed by atoms with E-state index in [2.05, 4.69) is 0 Å². The maximum atomic E-state index is 10.4. The van der Waals surface area contributed by atoms with Gasteiger partial charge in [-0.2, -0.15) is 5.26 Å². The number of fused-ring (bicyclic) bond motifs is 1. The normalized spacial score (nSPS) is 15.8. The van der Waals surface area contributed by atoms with Crippen molar-refractivity contribution >= 4 is 0 Å². The van der Waals surface area contributed by atoms with Crippen LogP contribution in [0.15, 0.2) is 41.8 Å². The van der Waals surface area contributed by atoms with Crippen LogP contribution in [-0.2, 0) is 0 Å². The van der Waals surface area contributed by atoms with Crippen molar-refractivity contribution in [1.82, 2.24) is 0 Å². The van der Waals surface area contributed by atoms with E-state index in [4.69, 9.17) is 19.9 Å². The number of rotatable bonds is 3. The number of nitrogens with two attached hydrogens (primary N) is 1. The molecule has 7 nitrogen and oxygen atoms in total. The lowest BCUT2D eigenvalue weighted by Gasteiger charge is -2.28. The maximum Gasteiger partial charge on any atom is 0.205 e. The van der Waals surface area contributed by atoms with Gasteiger partial charge in [0.15, 0.2) is 0 Å². The van der Waals surface area contributed by atoms with Gasteiger partial charge in [0.25, 0.3) is 0 Å². The van der Waals surface area contributed by atoms with Crippen LogP contribution in [0.3, 0.4) is 0 Å². The fourth-order valence-corrected chi connectivity index (χ4v) is 2.93.